The Bertz CT molecular complexity index is 776. The molecular formula is C15H14ClN5. The summed E-state index contributed by atoms with van der Waals surface area (Å²) in [6.45, 7) is 0.933. The summed E-state index contributed by atoms with van der Waals surface area (Å²) in [6.07, 6.45) is 6.63. The van der Waals surface area contributed by atoms with Gasteiger partial charge in [-0.3, -0.25) is 0 Å². The average molecular weight is 300 g/mol. The second kappa shape index (κ2) is 5.02. The molecule has 2 N–H and O–H groups in total. The molecule has 0 radical (unpaired) electrons. The zero-order valence-electron chi connectivity index (χ0n) is 11.3. The van der Waals surface area contributed by atoms with Gasteiger partial charge in [-0.05, 0) is 18.2 Å². The first-order valence-corrected chi connectivity index (χ1v) is 7.25. The summed E-state index contributed by atoms with van der Waals surface area (Å²) < 4.78 is 1.84. The summed E-state index contributed by atoms with van der Waals surface area (Å²) in [5, 5.41) is 8.64. The Balaban J connectivity index is 1.70. The fraction of sp³-hybridized carbons (Fsp3) is 0.200. The van der Waals surface area contributed by atoms with Crippen LogP contribution in [0.4, 0.5) is 0 Å². The van der Waals surface area contributed by atoms with Crippen molar-refractivity contribution in [2.24, 2.45) is 0 Å². The lowest BCUT2D eigenvalue weighted by Crippen LogP contribution is -2.30. The summed E-state index contributed by atoms with van der Waals surface area (Å²) in [5.74, 6) is 0. The van der Waals surface area contributed by atoms with E-state index in [1.54, 1.807) is 6.33 Å². The normalized spacial score (nSPS) is 17.7. The minimum atomic E-state index is 0.0907. The second-order valence-electron chi connectivity index (χ2n) is 5.10. The van der Waals surface area contributed by atoms with Crippen LogP contribution in [0, 0.1) is 0 Å². The van der Waals surface area contributed by atoms with Gasteiger partial charge in [-0.1, -0.05) is 17.7 Å². The number of hydrogen-bond acceptors (Lipinski definition) is 3. The molecule has 3 aromatic rings. The SMILES string of the molecule is Clc1cccc(-n2cc([C@@H]3NCCc4[nH]cnc43)cn2)c1. The summed E-state index contributed by atoms with van der Waals surface area (Å²) in [4.78, 5) is 7.64. The summed E-state index contributed by atoms with van der Waals surface area (Å²) >= 11 is 6.03. The number of benzene rings is 1. The molecule has 0 fully saturated rings. The van der Waals surface area contributed by atoms with Crippen molar-refractivity contribution in [1.29, 1.82) is 0 Å². The van der Waals surface area contributed by atoms with Crippen LogP contribution in [0.2, 0.25) is 5.02 Å². The molecule has 0 saturated carbocycles. The number of fused-ring (bicyclic) bond motifs is 1. The minimum Gasteiger partial charge on any atom is -0.348 e. The summed E-state index contributed by atoms with van der Waals surface area (Å²) in [5.41, 5.74) is 4.32. The highest BCUT2D eigenvalue weighted by Gasteiger charge is 2.24. The van der Waals surface area contributed by atoms with E-state index in [9.17, 15) is 0 Å². The highest BCUT2D eigenvalue weighted by atomic mass is 35.5. The Morgan fingerprint density at radius 1 is 1.33 bits per heavy atom. The van der Waals surface area contributed by atoms with E-state index < -0.39 is 0 Å². The maximum atomic E-state index is 6.03. The first kappa shape index (κ1) is 12.6. The van der Waals surface area contributed by atoms with Crippen LogP contribution in [0.25, 0.3) is 5.69 Å². The third-order valence-corrected chi connectivity index (χ3v) is 3.99. The number of aromatic amines is 1. The van der Waals surface area contributed by atoms with E-state index in [1.165, 1.54) is 5.69 Å². The lowest BCUT2D eigenvalue weighted by Gasteiger charge is -2.21. The molecule has 1 aliphatic rings. The minimum absolute atomic E-state index is 0.0907. The fourth-order valence-corrected chi connectivity index (χ4v) is 2.92. The van der Waals surface area contributed by atoms with Gasteiger partial charge in [-0.25, -0.2) is 9.67 Å². The molecule has 106 valence electrons. The van der Waals surface area contributed by atoms with Crippen LogP contribution in [0.15, 0.2) is 43.0 Å². The van der Waals surface area contributed by atoms with Crippen molar-refractivity contribution in [3.8, 4) is 5.69 Å². The van der Waals surface area contributed by atoms with E-state index in [-0.39, 0.29) is 6.04 Å². The molecule has 6 heteroatoms. The van der Waals surface area contributed by atoms with Crippen LogP contribution >= 0.6 is 11.6 Å². The molecule has 0 bridgehead atoms. The third kappa shape index (κ3) is 2.24. The summed E-state index contributed by atoms with van der Waals surface area (Å²) in [7, 11) is 0. The van der Waals surface area contributed by atoms with Gasteiger partial charge in [0.1, 0.15) is 0 Å². The van der Waals surface area contributed by atoms with Crippen LogP contribution in [0.3, 0.4) is 0 Å². The maximum absolute atomic E-state index is 6.03. The predicted octanol–water partition coefficient (Wildman–Crippen LogP) is 2.48. The number of halogens is 1. The number of hydrogen-bond donors (Lipinski definition) is 2. The molecule has 1 atom stereocenters. The van der Waals surface area contributed by atoms with Gasteiger partial charge in [0.05, 0.1) is 29.9 Å². The molecule has 4 rings (SSSR count). The molecule has 2 aromatic heterocycles. The smallest absolute Gasteiger partial charge is 0.0926 e. The van der Waals surface area contributed by atoms with Crippen molar-refractivity contribution in [1.82, 2.24) is 25.1 Å². The third-order valence-electron chi connectivity index (χ3n) is 3.76. The van der Waals surface area contributed by atoms with Crippen molar-refractivity contribution in [3.05, 3.63) is 65.0 Å². The van der Waals surface area contributed by atoms with Crippen LogP contribution in [-0.2, 0) is 6.42 Å². The quantitative estimate of drug-likeness (QED) is 0.764. The van der Waals surface area contributed by atoms with Crippen molar-refractivity contribution in [2.45, 2.75) is 12.5 Å². The van der Waals surface area contributed by atoms with Crippen molar-refractivity contribution < 1.29 is 0 Å². The van der Waals surface area contributed by atoms with Crippen molar-refractivity contribution in [2.75, 3.05) is 6.54 Å². The maximum Gasteiger partial charge on any atom is 0.0926 e. The first-order chi connectivity index (χ1) is 10.3. The average Bonchev–Trinajstić information content (AvgIpc) is 3.16. The highest BCUT2D eigenvalue weighted by Crippen LogP contribution is 2.26. The Hall–Kier alpha value is -2.11. The molecule has 0 unspecified atom stereocenters. The largest absolute Gasteiger partial charge is 0.348 e. The summed E-state index contributed by atoms with van der Waals surface area (Å²) in [6, 6.07) is 7.74. The molecule has 1 aliphatic heterocycles. The Kier molecular flexibility index (Phi) is 3.02. The Labute approximate surface area is 127 Å². The molecule has 5 nitrogen and oxygen atoms in total. The van der Waals surface area contributed by atoms with E-state index in [4.69, 9.17) is 11.6 Å². The predicted molar refractivity (Wildman–Crippen MR) is 80.7 cm³/mol. The lowest BCUT2D eigenvalue weighted by molar-refractivity contribution is 0.553. The number of nitrogens with one attached hydrogen (secondary N) is 2. The van der Waals surface area contributed by atoms with Gasteiger partial charge in [0.15, 0.2) is 0 Å². The van der Waals surface area contributed by atoms with E-state index in [1.807, 2.05) is 41.3 Å². The first-order valence-electron chi connectivity index (χ1n) is 6.87. The molecule has 0 amide bonds. The van der Waals surface area contributed by atoms with Gasteiger partial charge < -0.3 is 10.3 Å². The molecule has 3 heterocycles. The number of rotatable bonds is 2. The highest BCUT2D eigenvalue weighted by molar-refractivity contribution is 6.30. The van der Waals surface area contributed by atoms with E-state index in [2.05, 4.69) is 20.4 Å². The molecule has 0 spiro atoms. The van der Waals surface area contributed by atoms with Gasteiger partial charge in [0.25, 0.3) is 0 Å². The van der Waals surface area contributed by atoms with Crippen LogP contribution in [0.1, 0.15) is 23.0 Å². The van der Waals surface area contributed by atoms with E-state index in [0.29, 0.717) is 5.02 Å². The van der Waals surface area contributed by atoms with Gasteiger partial charge >= 0.3 is 0 Å². The number of aromatic nitrogens is 4. The van der Waals surface area contributed by atoms with Crippen LogP contribution < -0.4 is 5.32 Å². The fourth-order valence-electron chi connectivity index (χ4n) is 2.74. The number of H-pyrrole nitrogens is 1. The standard InChI is InChI=1S/C15H14ClN5/c16-11-2-1-3-12(6-11)21-8-10(7-20-21)14-15-13(4-5-17-14)18-9-19-15/h1-3,6-9,14,17H,4-5H2,(H,18,19)/t14-/m0/s1. The topological polar surface area (TPSA) is 58.5 Å². The van der Waals surface area contributed by atoms with Gasteiger partial charge in [0, 0.05) is 35.4 Å². The number of nitrogens with zero attached hydrogens (tertiary/aromatic N) is 3. The van der Waals surface area contributed by atoms with Crippen molar-refractivity contribution in [3.63, 3.8) is 0 Å². The Morgan fingerprint density at radius 2 is 2.29 bits per heavy atom. The molecule has 21 heavy (non-hydrogen) atoms. The zero-order valence-corrected chi connectivity index (χ0v) is 12.0. The number of imidazole rings is 1. The van der Waals surface area contributed by atoms with Gasteiger partial charge in [-0.15, -0.1) is 0 Å². The molecule has 0 saturated heterocycles. The molecular weight excluding hydrogens is 286 g/mol. The van der Waals surface area contributed by atoms with E-state index in [0.717, 1.165) is 29.9 Å². The van der Waals surface area contributed by atoms with Gasteiger partial charge in [0.2, 0.25) is 0 Å². The lowest BCUT2D eigenvalue weighted by atomic mass is 10.0. The van der Waals surface area contributed by atoms with Crippen LogP contribution in [-0.4, -0.2) is 26.3 Å². The molecule has 0 aliphatic carbocycles. The second-order valence-corrected chi connectivity index (χ2v) is 5.54. The zero-order chi connectivity index (χ0) is 14.2. The Morgan fingerprint density at radius 3 is 3.19 bits per heavy atom. The van der Waals surface area contributed by atoms with E-state index >= 15 is 0 Å². The van der Waals surface area contributed by atoms with Gasteiger partial charge in [-0.2, -0.15) is 5.10 Å². The monoisotopic (exact) mass is 299 g/mol. The van der Waals surface area contributed by atoms with Crippen molar-refractivity contribution >= 4 is 11.6 Å². The van der Waals surface area contributed by atoms with Crippen LogP contribution in [0.5, 0.6) is 0 Å². The molecule has 1 aromatic carbocycles.